The summed E-state index contributed by atoms with van der Waals surface area (Å²) in [7, 11) is 0. The van der Waals surface area contributed by atoms with Gasteiger partial charge < -0.3 is 20.1 Å². The van der Waals surface area contributed by atoms with Gasteiger partial charge in [-0.15, -0.1) is 0 Å². The summed E-state index contributed by atoms with van der Waals surface area (Å²) in [5.74, 6) is -0.614. The Morgan fingerprint density at radius 1 is 0.962 bits per heavy atom. The quantitative estimate of drug-likeness (QED) is 0.780. The molecule has 0 aromatic heterocycles. The van der Waals surface area contributed by atoms with Crippen LogP contribution in [0.2, 0.25) is 0 Å². The van der Waals surface area contributed by atoms with E-state index in [4.69, 9.17) is 4.74 Å². The summed E-state index contributed by atoms with van der Waals surface area (Å²) in [4.78, 5) is 26.5. The van der Waals surface area contributed by atoms with Gasteiger partial charge in [-0.2, -0.15) is 0 Å². The maximum atomic E-state index is 12.8. The number of rotatable bonds is 7. The number of carbonyl (C=O) groups excluding carboxylic acids is 2. The minimum atomic E-state index is -0.881. The van der Waals surface area contributed by atoms with E-state index in [2.05, 4.69) is 5.32 Å². The monoisotopic (exact) mass is 354 g/mol. The van der Waals surface area contributed by atoms with E-state index >= 15 is 0 Å². The highest BCUT2D eigenvalue weighted by atomic mass is 16.5. The summed E-state index contributed by atoms with van der Waals surface area (Å²) in [5, 5.41) is 12.2. The lowest BCUT2D eigenvalue weighted by molar-refractivity contribution is -0.153. The van der Waals surface area contributed by atoms with E-state index < -0.39 is 18.7 Å². The molecule has 1 fully saturated rings. The molecular formula is C20H22N2O4. The van der Waals surface area contributed by atoms with E-state index in [0.717, 1.165) is 11.1 Å². The fourth-order valence-electron chi connectivity index (χ4n) is 2.96. The molecule has 2 aromatic carbocycles. The van der Waals surface area contributed by atoms with Crippen LogP contribution >= 0.6 is 0 Å². The molecule has 0 radical (unpaired) electrons. The summed E-state index contributed by atoms with van der Waals surface area (Å²) in [5.41, 5.74) is 1.90. The standard InChI is InChI=1S/C20H22N2O4/c23-12-18-19(24)21-17(14-26-13-16-9-5-2-6-10-16)20(25)22(18)11-15-7-3-1-4-8-15/h1-10,17-18,23H,11-14H2,(H,21,24). The Morgan fingerprint density at radius 2 is 1.58 bits per heavy atom. The molecule has 0 bridgehead atoms. The molecule has 1 aliphatic rings. The number of carbonyl (C=O) groups is 2. The highest BCUT2D eigenvalue weighted by Gasteiger charge is 2.40. The summed E-state index contributed by atoms with van der Waals surface area (Å²) in [6, 6.07) is 17.4. The number of benzene rings is 2. The third kappa shape index (κ3) is 4.28. The number of piperazine rings is 1. The zero-order chi connectivity index (χ0) is 18.4. The van der Waals surface area contributed by atoms with E-state index in [1.165, 1.54) is 4.90 Å². The predicted molar refractivity (Wildman–Crippen MR) is 95.9 cm³/mol. The van der Waals surface area contributed by atoms with Crippen LogP contribution in [0.4, 0.5) is 0 Å². The van der Waals surface area contributed by atoms with E-state index in [-0.39, 0.29) is 25.0 Å². The largest absolute Gasteiger partial charge is 0.394 e. The molecule has 0 spiro atoms. The van der Waals surface area contributed by atoms with Gasteiger partial charge in [-0.1, -0.05) is 60.7 Å². The predicted octanol–water partition coefficient (Wildman–Crippen LogP) is 1.09. The highest BCUT2D eigenvalue weighted by Crippen LogP contribution is 2.15. The summed E-state index contributed by atoms with van der Waals surface area (Å²) < 4.78 is 5.62. The van der Waals surface area contributed by atoms with Gasteiger partial charge in [0.1, 0.15) is 12.1 Å². The molecule has 0 saturated carbocycles. The van der Waals surface area contributed by atoms with Crippen LogP contribution in [0.1, 0.15) is 11.1 Å². The fourth-order valence-corrected chi connectivity index (χ4v) is 2.96. The van der Waals surface area contributed by atoms with Crippen molar-refractivity contribution in [3.63, 3.8) is 0 Å². The Labute approximate surface area is 152 Å². The topological polar surface area (TPSA) is 78.9 Å². The molecule has 26 heavy (non-hydrogen) atoms. The average molecular weight is 354 g/mol. The van der Waals surface area contributed by atoms with Crippen molar-refractivity contribution in [3.05, 3.63) is 71.8 Å². The molecule has 6 nitrogen and oxygen atoms in total. The lowest BCUT2D eigenvalue weighted by Crippen LogP contribution is -2.65. The van der Waals surface area contributed by atoms with Crippen LogP contribution in [0.25, 0.3) is 0 Å². The van der Waals surface area contributed by atoms with Gasteiger partial charge in [0.25, 0.3) is 0 Å². The molecule has 0 aliphatic carbocycles. The number of amides is 2. The van der Waals surface area contributed by atoms with Crippen molar-refractivity contribution in [1.82, 2.24) is 10.2 Å². The molecule has 2 N–H and O–H groups in total. The Hall–Kier alpha value is -2.70. The molecular weight excluding hydrogens is 332 g/mol. The number of aliphatic hydroxyl groups excluding tert-OH is 1. The molecule has 2 atom stereocenters. The third-order valence-corrected chi connectivity index (χ3v) is 4.34. The second-order valence-electron chi connectivity index (χ2n) is 6.21. The van der Waals surface area contributed by atoms with Crippen LogP contribution in [-0.2, 0) is 27.5 Å². The van der Waals surface area contributed by atoms with Gasteiger partial charge in [0.05, 0.1) is 19.8 Å². The van der Waals surface area contributed by atoms with E-state index in [9.17, 15) is 14.7 Å². The number of hydrogen-bond donors (Lipinski definition) is 2. The lowest BCUT2D eigenvalue weighted by Gasteiger charge is -2.38. The van der Waals surface area contributed by atoms with Crippen molar-refractivity contribution >= 4 is 11.8 Å². The summed E-state index contributed by atoms with van der Waals surface area (Å²) >= 11 is 0. The van der Waals surface area contributed by atoms with Gasteiger partial charge in [-0.25, -0.2) is 0 Å². The van der Waals surface area contributed by atoms with Crippen LogP contribution in [0, 0.1) is 0 Å². The fraction of sp³-hybridized carbons (Fsp3) is 0.300. The van der Waals surface area contributed by atoms with Gasteiger partial charge in [0.15, 0.2) is 0 Å². The first kappa shape index (κ1) is 18.1. The van der Waals surface area contributed by atoms with Crippen molar-refractivity contribution in [2.45, 2.75) is 25.2 Å². The second kappa shape index (κ2) is 8.60. The van der Waals surface area contributed by atoms with Crippen LogP contribution in [0.5, 0.6) is 0 Å². The van der Waals surface area contributed by atoms with Crippen molar-refractivity contribution in [2.24, 2.45) is 0 Å². The first-order valence-corrected chi connectivity index (χ1v) is 8.56. The number of nitrogens with one attached hydrogen (secondary N) is 1. The van der Waals surface area contributed by atoms with Crippen LogP contribution in [-0.4, -0.2) is 47.1 Å². The van der Waals surface area contributed by atoms with Gasteiger partial charge in [-0.3, -0.25) is 9.59 Å². The zero-order valence-corrected chi connectivity index (χ0v) is 14.4. The molecule has 1 aliphatic heterocycles. The number of hydrogen-bond acceptors (Lipinski definition) is 4. The minimum absolute atomic E-state index is 0.0862. The number of nitrogens with zero attached hydrogens (tertiary/aromatic N) is 1. The normalized spacial score (nSPS) is 20.1. The Morgan fingerprint density at radius 3 is 2.19 bits per heavy atom. The molecule has 1 saturated heterocycles. The zero-order valence-electron chi connectivity index (χ0n) is 14.4. The van der Waals surface area contributed by atoms with Crippen LogP contribution in [0.15, 0.2) is 60.7 Å². The van der Waals surface area contributed by atoms with Gasteiger partial charge in [0.2, 0.25) is 11.8 Å². The Balaban J connectivity index is 1.65. The lowest BCUT2D eigenvalue weighted by atomic mass is 10.1. The summed E-state index contributed by atoms with van der Waals surface area (Å²) in [6.07, 6.45) is 0. The smallest absolute Gasteiger partial charge is 0.248 e. The molecule has 2 unspecified atom stereocenters. The van der Waals surface area contributed by atoms with Crippen molar-refractivity contribution in [1.29, 1.82) is 0 Å². The van der Waals surface area contributed by atoms with Gasteiger partial charge >= 0.3 is 0 Å². The van der Waals surface area contributed by atoms with Crippen molar-refractivity contribution < 1.29 is 19.4 Å². The van der Waals surface area contributed by atoms with Gasteiger partial charge in [-0.05, 0) is 11.1 Å². The van der Waals surface area contributed by atoms with Crippen LogP contribution in [0.3, 0.4) is 0 Å². The third-order valence-electron chi connectivity index (χ3n) is 4.34. The number of aliphatic hydroxyl groups is 1. The van der Waals surface area contributed by atoms with E-state index in [1.807, 2.05) is 60.7 Å². The first-order chi connectivity index (χ1) is 12.7. The highest BCUT2D eigenvalue weighted by molar-refractivity contribution is 5.97. The molecule has 2 aromatic rings. The van der Waals surface area contributed by atoms with Gasteiger partial charge in [0, 0.05) is 6.54 Å². The van der Waals surface area contributed by atoms with E-state index in [0.29, 0.717) is 6.61 Å². The Kier molecular flexibility index (Phi) is 5.99. The molecule has 1 heterocycles. The molecule has 136 valence electrons. The molecule has 6 heteroatoms. The van der Waals surface area contributed by atoms with Crippen molar-refractivity contribution in [2.75, 3.05) is 13.2 Å². The van der Waals surface area contributed by atoms with Crippen molar-refractivity contribution in [3.8, 4) is 0 Å². The molecule has 3 rings (SSSR count). The van der Waals surface area contributed by atoms with E-state index in [1.54, 1.807) is 0 Å². The maximum Gasteiger partial charge on any atom is 0.248 e. The maximum absolute atomic E-state index is 12.8. The number of ether oxygens (including phenoxy) is 1. The summed E-state index contributed by atoms with van der Waals surface area (Å²) in [6.45, 7) is 0.307. The SMILES string of the molecule is O=C1NC(COCc2ccccc2)C(=O)N(Cc2ccccc2)C1CO. The first-order valence-electron chi connectivity index (χ1n) is 8.56. The minimum Gasteiger partial charge on any atom is -0.394 e. The average Bonchev–Trinajstić information content (AvgIpc) is 2.67. The Bertz CT molecular complexity index is 736. The second-order valence-corrected chi connectivity index (χ2v) is 6.21. The molecule has 2 amide bonds. The van der Waals surface area contributed by atoms with Crippen LogP contribution < -0.4 is 5.32 Å².